The zero-order valence-electron chi connectivity index (χ0n) is 11.1. The average Bonchev–Trinajstić information content (AvgIpc) is 3.07. The highest BCUT2D eigenvalue weighted by Crippen LogP contribution is 2.33. The molecule has 1 aromatic carbocycles. The number of benzene rings is 1. The van der Waals surface area contributed by atoms with Crippen molar-refractivity contribution in [1.82, 2.24) is 5.32 Å². The second-order valence-electron chi connectivity index (χ2n) is 4.65. The third-order valence-electron chi connectivity index (χ3n) is 3.30. The highest BCUT2D eigenvalue weighted by atomic mass is 32.1. The molecular formula is C16H17NS2. The molecule has 2 aromatic heterocycles. The molecule has 0 spiro atoms. The summed E-state index contributed by atoms with van der Waals surface area (Å²) in [5.74, 6) is 0. The molecule has 1 atom stereocenters. The van der Waals surface area contributed by atoms with E-state index in [1.807, 2.05) is 11.3 Å². The summed E-state index contributed by atoms with van der Waals surface area (Å²) in [5.41, 5.74) is 1.32. The summed E-state index contributed by atoms with van der Waals surface area (Å²) in [6.07, 6.45) is 0. The van der Waals surface area contributed by atoms with Crippen LogP contribution in [0.1, 0.15) is 24.8 Å². The molecule has 0 saturated carbocycles. The summed E-state index contributed by atoms with van der Waals surface area (Å²) in [7, 11) is 0. The van der Waals surface area contributed by atoms with Crippen molar-refractivity contribution < 1.29 is 0 Å². The second kappa shape index (κ2) is 5.45. The maximum absolute atomic E-state index is 3.46. The van der Waals surface area contributed by atoms with Crippen LogP contribution in [0.2, 0.25) is 0 Å². The van der Waals surface area contributed by atoms with Crippen LogP contribution in [0.15, 0.2) is 41.8 Å². The van der Waals surface area contributed by atoms with E-state index in [1.165, 1.54) is 25.4 Å². The predicted octanol–water partition coefficient (Wildman–Crippen LogP) is 5.30. The normalized spacial score (nSPS) is 12.9. The molecule has 3 heteroatoms. The Morgan fingerprint density at radius 1 is 1.16 bits per heavy atom. The van der Waals surface area contributed by atoms with Gasteiger partial charge in [0.25, 0.3) is 0 Å². The van der Waals surface area contributed by atoms with E-state index in [0.717, 1.165) is 6.54 Å². The Morgan fingerprint density at radius 2 is 2.05 bits per heavy atom. The smallest absolute Gasteiger partial charge is 0.0386 e. The molecule has 0 saturated heterocycles. The molecule has 0 amide bonds. The molecule has 98 valence electrons. The van der Waals surface area contributed by atoms with Gasteiger partial charge in [0.15, 0.2) is 0 Å². The van der Waals surface area contributed by atoms with E-state index >= 15 is 0 Å². The van der Waals surface area contributed by atoms with Crippen molar-refractivity contribution in [2.75, 3.05) is 6.54 Å². The Kier molecular flexibility index (Phi) is 3.69. The lowest BCUT2D eigenvalue weighted by Crippen LogP contribution is -2.16. The summed E-state index contributed by atoms with van der Waals surface area (Å²) in [5, 5.41) is 6.96. The third kappa shape index (κ3) is 2.59. The van der Waals surface area contributed by atoms with Gasteiger partial charge in [-0.05, 0) is 60.1 Å². The van der Waals surface area contributed by atoms with Crippen molar-refractivity contribution in [2.24, 2.45) is 0 Å². The van der Waals surface area contributed by atoms with Gasteiger partial charge < -0.3 is 5.32 Å². The van der Waals surface area contributed by atoms with Gasteiger partial charge in [-0.2, -0.15) is 0 Å². The first-order valence-corrected chi connectivity index (χ1v) is 8.28. The summed E-state index contributed by atoms with van der Waals surface area (Å²) >= 11 is 3.69. The minimum atomic E-state index is 0.439. The first-order chi connectivity index (χ1) is 9.28. The van der Waals surface area contributed by atoms with Gasteiger partial charge in [0.05, 0.1) is 0 Å². The van der Waals surface area contributed by atoms with Gasteiger partial charge in [-0.25, -0.2) is 0 Å². The van der Waals surface area contributed by atoms with E-state index in [4.69, 9.17) is 0 Å². The molecule has 0 aliphatic heterocycles. The lowest BCUT2D eigenvalue weighted by atomic mass is 10.1. The van der Waals surface area contributed by atoms with Crippen molar-refractivity contribution in [2.45, 2.75) is 19.9 Å². The number of rotatable bonds is 4. The quantitative estimate of drug-likeness (QED) is 0.686. The van der Waals surface area contributed by atoms with Crippen LogP contribution in [0.3, 0.4) is 0 Å². The van der Waals surface area contributed by atoms with E-state index in [9.17, 15) is 0 Å². The fourth-order valence-electron chi connectivity index (χ4n) is 2.27. The molecule has 1 N–H and O–H groups in total. The molecular weight excluding hydrogens is 270 g/mol. The molecule has 0 radical (unpaired) electrons. The Labute approximate surface area is 121 Å². The van der Waals surface area contributed by atoms with E-state index < -0.39 is 0 Å². The number of hydrogen-bond acceptors (Lipinski definition) is 3. The third-order valence-corrected chi connectivity index (χ3v) is 5.52. The molecule has 3 aromatic rings. The number of nitrogens with one attached hydrogen (secondary N) is 1. The molecule has 3 rings (SSSR count). The maximum Gasteiger partial charge on any atom is 0.0386 e. The van der Waals surface area contributed by atoms with Crippen LogP contribution in [-0.2, 0) is 0 Å². The van der Waals surface area contributed by atoms with Crippen LogP contribution in [0.4, 0.5) is 0 Å². The van der Waals surface area contributed by atoms with E-state index in [2.05, 4.69) is 60.9 Å². The SMILES string of the molecule is CCNC(C)c1ccc(-c2ccc3sccc3c2)s1. The average molecular weight is 287 g/mol. The van der Waals surface area contributed by atoms with Crippen LogP contribution < -0.4 is 5.32 Å². The van der Waals surface area contributed by atoms with Crippen LogP contribution in [0.5, 0.6) is 0 Å². The van der Waals surface area contributed by atoms with Crippen molar-refractivity contribution in [3.05, 3.63) is 46.7 Å². The van der Waals surface area contributed by atoms with Gasteiger partial charge in [0.2, 0.25) is 0 Å². The van der Waals surface area contributed by atoms with Gasteiger partial charge in [0, 0.05) is 20.5 Å². The highest BCUT2D eigenvalue weighted by molar-refractivity contribution is 7.17. The van der Waals surface area contributed by atoms with Crippen molar-refractivity contribution >= 4 is 32.8 Å². The summed E-state index contributed by atoms with van der Waals surface area (Å²) in [4.78, 5) is 2.76. The molecule has 0 fully saturated rings. The van der Waals surface area contributed by atoms with Gasteiger partial charge in [-0.1, -0.05) is 13.0 Å². The van der Waals surface area contributed by atoms with E-state index in [1.54, 1.807) is 11.3 Å². The number of thiophene rings is 2. The largest absolute Gasteiger partial charge is 0.310 e. The lowest BCUT2D eigenvalue weighted by molar-refractivity contribution is 0.607. The minimum Gasteiger partial charge on any atom is -0.310 e. The van der Waals surface area contributed by atoms with Gasteiger partial charge in [0.1, 0.15) is 0 Å². The fraction of sp³-hybridized carbons (Fsp3) is 0.250. The molecule has 1 unspecified atom stereocenters. The fourth-order valence-corrected chi connectivity index (χ4v) is 4.07. The summed E-state index contributed by atoms with van der Waals surface area (Å²) in [6, 6.07) is 13.9. The molecule has 0 aliphatic rings. The molecule has 19 heavy (non-hydrogen) atoms. The summed E-state index contributed by atoms with van der Waals surface area (Å²) < 4.78 is 1.36. The molecule has 0 aliphatic carbocycles. The van der Waals surface area contributed by atoms with Crippen molar-refractivity contribution in [3.8, 4) is 10.4 Å². The molecule has 2 heterocycles. The molecule has 0 bridgehead atoms. The molecule has 1 nitrogen and oxygen atoms in total. The minimum absolute atomic E-state index is 0.439. The summed E-state index contributed by atoms with van der Waals surface area (Å²) in [6.45, 7) is 5.38. The zero-order valence-corrected chi connectivity index (χ0v) is 12.8. The first-order valence-electron chi connectivity index (χ1n) is 6.58. The van der Waals surface area contributed by atoms with Crippen LogP contribution >= 0.6 is 22.7 Å². The number of fused-ring (bicyclic) bond motifs is 1. The van der Waals surface area contributed by atoms with Gasteiger partial charge in [-0.15, -0.1) is 22.7 Å². The highest BCUT2D eigenvalue weighted by Gasteiger charge is 2.09. The van der Waals surface area contributed by atoms with E-state index in [0.29, 0.717) is 6.04 Å². The second-order valence-corrected chi connectivity index (χ2v) is 6.72. The monoisotopic (exact) mass is 287 g/mol. The number of hydrogen-bond donors (Lipinski definition) is 1. The maximum atomic E-state index is 3.46. The van der Waals surface area contributed by atoms with Crippen LogP contribution in [0.25, 0.3) is 20.5 Å². The standard InChI is InChI=1S/C16H17NS2/c1-3-17-11(2)14-6-7-16(19-14)12-4-5-15-13(10-12)8-9-18-15/h4-11,17H,3H2,1-2H3. The van der Waals surface area contributed by atoms with Crippen molar-refractivity contribution in [1.29, 1.82) is 0 Å². The van der Waals surface area contributed by atoms with Crippen molar-refractivity contribution in [3.63, 3.8) is 0 Å². The van der Waals surface area contributed by atoms with Gasteiger partial charge in [-0.3, -0.25) is 0 Å². The Hall–Kier alpha value is -1.16. The predicted molar refractivity (Wildman–Crippen MR) is 87.2 cm³/mol. The Morgan fingerprint density at radius 3 is 2.89 bits per heavy atom. The Bertz CT molecular complexity index is 681. The zero-order chi connectivity index (χ0) is 13.2. The first kappa shape index (κ1) is 12.9. The van der Waals surface area contributed by atoms with E-state index in [-0.39, 0.29) is 0 Å². The van der Waals surface area contributed by atoms with Crippen LogP contribution in [0, 0.1) is 0 Å². The van der Waals surface area contributed by atoms with Gasteiger partial charge >= 0.3 is 0 Å². The lowest BCUT2D eigenvalue weighted by Gasteiger charge is -2.09. The topological polar surface area (TPSA) is 12.0 Å². The van der Waals surface area contributed by atoms with Crippen LogP contribution in [-0.4, -0.2) is 6.54 Å². The Balaban J connectivity index is 1.93.